The van der Waals surface area contributed by atoms with E-state index in [9.17, 15) is 4.79 Å². The second kappa shape index (κ2) is 3.69. The van der Waals surface area contributed by atoms with Crippen LogP contribution in [0.25, 0.3) is 0 Å². The molecule has 3 atom stereocenters. The minimum atomic E-state index is 0.0694. The Morgan fingerprint density at radius 1 is 1.46 bits per heavy atom. The van der Waals surface area contributed by atoms with E-state index in [-0.39, 0.29) is 11.9 Å². The largest absolute Gasteiger partial charge is 0.465 e. The Labute approximate surface area is 79.7 Å². The van der Waals surface area contributed by atoms with Crippen LogP contribution in [0.2, 0.25) is 0 Å². The predicted molar refractivity (Wildman–Crippen MR) is 50.2 cm³/mol. The van der Waals surface area contributed by atoms with Crippen molar-refractivity contribution in [3.05, 3.63) is 0 Å². The molecule has 2 rings (SSSR count). The first-order valence-electron chi connectivity index (χ1n) is 5.48. The first kappa shape index (κ1) is 9.04. The third-order valence-electron chi connectivity index (χ3n) is 3.53. The SMILES string of the molecule is CCC[C@H]1CCC2C(=O)OC[C@@H]2C1. The Bertz CT molecular complexity index is 200. The van der Waals surface area contributed by atoms with Crippen LogP contribution < -0.4 is 0 Å². The second-order valence-corrected chi connectivity index (χ2v) is 4.46. The highest BCUT2D eigenvalue weighted by atomic mass is 16.5. The second-order valence-electron chi connectivity index (χ2n) is 4.46. The van der Waals surface area contributed by atoms with Crippen molar-refractivity contribution in [2.45, 2.75) is 39.0 Å². The van der Waals surface area contributed by atoms with Gasteiger partial charge in [-0.1, -0.05) is 19.8 Å². The summed E-state index contributed by atoms with van der Waals surface area (Å²) >= 11 is 0. The number of esters is 1. The average molecular weight is 182 g/mol. The van der Waals surface area contributed by atoms with Gasteiger partial charge < -0.3 is 4.74 Å². The molecule has 0 spiro atoms. The fourth-order valence-corrected chi connectivity index (χ4v) is 2.82. The van der Waals surface area contributed by atoms with Crippen molar-refractivity contribution in [3.8, 4) is 0 Å². The van der Waals surface area contributed by atoms with Crippen LogP contribution in [0.4, 0.5) is 0 Å². The van der Waals surface area contributed by atoms with Crippen molar-refractivity contribution in [2.24, 2.45) is 17.8 Å². The molecule has 2 aliphatic rings. The molecule has 0 aromatic carbocycles. The zero-order valence-electron chi connectivity index (χ0n) is 8.29. The van der Waals surface area contributed by atoms with Crippen LogP contribution in [0.15, 0.2) is 0 Å². The fraction of sp³-hybridized carbons (Fsp3) is 0.909. The molecule has 74 valence electrons. The molecule has 2 nitrogen and oxygen atoms in total. The normalized spacial score (nSPS) is 38.5. The van der Waals surface area contributed by atoms with E-state index in [1.165, 1.54) is 25.7 Å². The summed E-state index contributed by atoms with van der Waals surface area (Å²) in [6.45, 7) is 2.94. The van der Waals surface area contributed by atoms with E-state index in [1.54, 1.807) is 0 Å². The minimum absolute atomic E-state index is 0.0694. The van der Waals surface area contributed by atoms with Crippen LogP contribution in [-0.2, 0) is 9.53 Å². The zero-order chi connectivity index (χ0) is 9.26. The summed E-state index contributed by atoms with van der Waals surface area (Å²) in [6.07, 6.45) is 6.15. The summed E-state index contributed by atoms with van der Waals surface area (Å²) in [5, 5.41) is 0. The van der Waals surface area contributed by atoms with Crippen LogP contribution in [0, 0.1) is 17.8 Å². The minimum Gasteiger partial charge on any atom is -0.465 e. The third kappa shape index (κ3) is 1.72. The third-order valence-corrected chi connectivity index (χ3v) is 3.53. The standard InChI is InChI=1S/C11H18O2/c1-2-3-8-4-5-10-9(6-8)7-13-11(10)12/h8-10H,2-7H2,1H3/t8-,9-,10?/m0/s1. The molecular weight excluding hydrogens is 164 g/mol. The summed E-state index contributed by atoms with van der Waals surface area (Å²) in [7, 11) is 0. The van der Waals surface area contributed by atoms with Gasteiger partial charge in [0.1, 0.15) is 0 Å². The van der Waals surface area contributed by atoms with Gasteiger partial charge in [-0.3, -0.25) is 4.79 Å². The van der Waals surface area contributed by atoms with Crippen LogP contribution in [0.5, 0.6) is 0 Å². The molecule has 1 saturated carbocycles. The molecule has 13 heavy (non-hydrogen) atoms. The predicted octanol–water partition coefficient (Wildman–Crippen LogP) is 2.38. The highest BCUT2D eigenvalue weighted by Gasteiger charge is 2.40. The lowest BCUT2D eigenvalue weighted by Gasteiger charge is -2.28. The molecule has 0 aromatic heterocycles. The molecule has 0 radical (unpaired) electrons. The van der Waals surface area contributed by atoms with Crippen molar-refractivity contribution in [1.29, 1.82) is 0 Å². The molecule has 1 heterocycles. The zero-order valence-corrected chi connectivity index (χ0v) is 8.29. The van der Waals surface area contributed by atoms with E-state index < -0.39 is 0 Å². The monoisotopic (exact) mass is 182 g/mol. The van der Waals surface area contributed by atoms with E-state index in [0.717, 1.165) is 12.3 Å². The van der Waals surface area contributed by atoms with Gasteiger partial charge in [0.15, 0.2) is 0 Å². The molecule has 0 amide bonds. The lowest BCUT2D eigenvalue weighted by molar-refractivity contribution is -0.141. The lowest BCUT2D eigenvalue weighted by Crippen LogP contribution is -2.25. The van der Waals surface area contributed by atoms with Gasteiger partial charge in [-0.05, 0) is 25.2 Å². The van der Waals surface area contributed by atoms with Crippen molar-refractivity contribution >= 4 is 5.97 Å². The summed E-state index contributed by atoms with van der Waals surface area (Å²) in [4.78, 5) is 11.3. The van der Waals surface area contributed by atoms with Crippen molar-refractivity contribution in [1.82, 2.24) is 0 Å². The Morgan fingerprint density at radius 2 is 2.31 bits per heavy atom. The van der Waals surface area contributed by atoms with Gasteiger partial charge in [-0.25, -0.2) is 0 Å². The van der Waals surface area contributed by atoms with Gasteiger partial charge in [0.25, 0.3) is 0 Å². The number of fused-ring (bicyclic) bond motifs is 1. The smallest absolute Gasteiger partial charge is 0.309 e. The number of carbonyl (C=O) groups excluding carboxylic acids is 1. The van der Waals surface area contributed by atoms with E-state index in [4.69, 9.17) is 4.74 Å². The van der Waals surface area contributed by atoms with Gasteiger partial charge in [0.2, 0.25) is 0 Å². The van der Waals surface area contributed by atoms with Crippen molar-refractivity contribution < 1.29 is 9.53 Å². The Kier molecular flexibility index (Phi) is 2.56. The molecule has 1 unspecified atom stereocenters. The number of carbonyl (C=O) groups is 1. The first-order chi connectivity index (χ1) is 6.31. The van der Waals surface area contributed by atoms with Crippen molar-refractivity contribution in [2.75, 3.05) is 6.61 Å². The average Bonchev–Trinajstić information content (AvgIpc) is 2.48. The number of hydrogen-bond donors (Lipinski definition) is 0. The maximum atomic E-state index is 11.3. The van der Waals surface area contributed by atoms with Gasteiger partial charge in [0.05, 0.1) is 12.5 Å². The molecule has 0 aromatic rings. The summed E-state index contributed by atoms with van der Waals surface area (Å²) in [5.74, 6) is 1.74. The molecule has 0 bridgehead atoms. The van der Waals surface area contributed by atoms with E-state index in [1.807, 2.05) is 0 Å². The Balaban J connectivity index is 1.91. The van der Waals surface area contributed by atoms with Crippen LogP contribution in [0.1, 0.15) is 39.0 Å². The summed E-state index contributed by atoms with van der Waals surface area (Å²) in [5.41, 5.74) is 0. The number of ether oxygens (including phenoxy) is 1. The molecular formula is C11H18O2. The summed E-state index contributed by atoms with van der Waals surface area (Å²) in [6, 6.07) is 0. The Morgan fingerprint density at radius 3 is 3.08 bits per heavy atom. The van der Waals surface area contributed by atoms with Crippen LogP contribution >= 0.6 is 0 Å². The van der Waals surface area contributed by atoms with Gasteiger partial charge in [0, 0.05) is 5.92 Å². The molecule has 1 aliphatic heterocycles. The lowest BCUT2D eigenvalue weighted by atomic mass is 9.74. The topological polar surface area (TPSA) is 26.3 Å². The maximum absolute atomic E-state index is 11.3. The van der Waals surface area contributed by atoms with Crippen molar-refractivity contribution in [3.63, 3.8) is 0 Å². The quantitative estimate of drug-likeness (QED) is 0.613. The highest BCUT2D eigenvalue weighted by Crippen LogP contribution is 2.40. The highest BCUT2D eigenvalue weighted by molar-refractivity contribution is 5.74. The Hall–Kier alpha value is -0.530. The summed E-state index contributed by atoms with van der Waals surface area (Å²) < 4.78 is 5.09. The van der Waals surface area contributed by atoms with E-state index in [0.29, 0.717) is 12.5 Å². The molecule has 1 saturated heterocycles. The van der Waals surface area contributed by atoms with Gasteiger partial charge in [-0.2, -0.15) is 0 Å². The number of rotatable bonds is 2. The number of hydrogen-bond acceptors (Lipinski definition) is 2. The van der Waals surface area contributed by atoms with Crippen LogP contribution in [-0.4, -0.2) is 12.6 Å². The first-order valence-corrected chi connectivity index (χ1v) is 5.48. The molecule has 2 heteroatoms. The maximum Gasteiger partial charge on any atom is 0.309 e. The molecule has 0 N–H and O–H groups in total. The van der Waals surface area contributed by atoms with E-state index >= 15 is 0 Å². The van der Waals surface area contributed by atoms with Crippen LogP contribution in [0.3, 0.4) is 0 Å². The van der Waals surface area contributed by atoms with Gasteiger partial charge in [-0.15, -0.1) is 0 Å². The fourth-order valence-electron chi connectivity index (χ4n) is 2.82. The molecule has 1 aliphatic carbocycles. The number of cyclic esters (lactones) is 1. The van der Waals surface area contributed by atoms with E-state index in [2.05, 4.69) is 6.92 Å². The molecule has 2 fully saturated rings. The van der Waals surface area contributed by atoms with Gasteiger partial charge >= 0.3 is 5.97 Å².